The lowest BCUT2D eigenvalue weighted by Crippen LogP contribution is -2.54. The highest BCUT2D eigenvalue weighted by Crippen LogP contribution is 2.46. The number of benzene rings is 1. The van der Waals surface area contributed by atoms with Gasteiger partial charge in [-0.15, -0.1) is 0 Å². The van der Waals surface area contributed by atoms with Crippen LogP contribution in [0.4, 0.5) is 5.69 Å². The highest BCUT2D eigenvalue weighted by molar-refractivity contribution is 5.94. The summed E-state index contributed by atoms with van der Waals surface area (Å²) in [6.07, 6.45) is 4.94. The summed E-state index contributed by atoms with van der Waals surface area (Å²) < 4.78 is 0. The molecule has 3 unspecified atom stereocenters. The van der Waals surface area contributed by atoms with Crippen molar-refractivity contribution >= 4 is 17.6 Å². The van der Waals surface area contributed by atoms with E-state index in [-0.39, 0.29) is 23.8 Å². The third kappa shape index (κ3) is 2.38. The third-order valence-electron chi connectivity index (χ3n) is 5.32. The molecule has 1 fully saturated rings. The molecule has 1 saturated heterocycles. The van der Waals surface area contributed by atoms with E-state index in [4.69, 9.17) is 0 Å². The van der Waals surface area contributed by atoms with Crippen LogP contribution in [0.1, 0.15) is 28.3 Å². The van der Waals surface area contributed by atoms with Gasteiger partial charge in [-0.25, -0.2) is 4.79 Å². The van der Waals surface area contributed by atoms with Crippen molar-refractivity contribution in [2.24, 2.45) is 5.92 Å². The minimum atomic E-state index is -0.917. The van der Waals surface area contributed by atoms with Crippen LogP contribution in [-0.2, 0) is 4.79 Å². The van der Waals surface area contributed by atoms with Gasteiger partial charge in [-0.05, 0) is 24.1 Å². The van der Waals surface area contributed by atoms with Crippen LogP contribution in [0.3, 0.4) is 0 Å². The smallest absolute Gasteiger partial charge is 0.336 e. The average Bonchev–Trinajstić information content (AvgIpc) is 3.10. The first-order valence-electron chi connectivity index (χ1n) is 8.45. The molecule has 4 rings (SSSR count). The maximum Gasteiger partial charge on any atom is 0.336 e. The second kappa shape index (κ2) is 5.94. The van der Waals surface area contributed by atoms with Gasteiger partial charge in [0.1, 0.15) is 6.04 Å². The molecule has 0 saturated carbocycles. The second-order valence-corrected chi connectivity index (χ2v) is 6.62. The van der Waals surface area contributed by atoms with Crippen molar-refractivity contribution < 1.29 is 14.7 Å². The Kier molecular flexibility index (Phi) is 3.76. The second-order valence-electron chi connectivity index (χ2n) is 6.62. The maximum absolute atomic E-state index is 13.0. The number of piperazine rings is 1. The average molecular weight is 327 g/mol. The van der Waals surface area contributed by atoms with Crippen molar-refractivity contribution in [3.05, 3.63) is 41.5 Å². The zero-order valence-corrected chi connectivity index (χ0v) is 13.4. The first kappa shape index (κ1) is 15.2. The summed E-state index contributed by atoms with van der Waals surface area (Å²) >= 11 is 0. The third-order valence-corrected chi connectivity index (χ3v) is 5.32. The van der Waals surface area contributed by atoms with Crippen molar-refractivity contribution in [3.63, 3.8) is 0 Å². The number of carboxylic acids is 1. The number of fused-ring (bicyclic) bond motifs is 3. The molecule has 2 aliphatic heterocycles. The Morgan fingerprint density at radius 3 is 2.75 bits per heavy atom. The van der Waals surface area contributed by atoms with Crippen LogP contribution in [0.15, 0.2) is 30.4 Å². The molecule has 3 aliphatic rings. The highest BCUT2D eigenvalue weighted by Gasteiger charge is 2.43. The number of allylic oxidation sites excluding steroid dienone is 2. The van der Waals surface area contributed by atoms with Gasteiger partial charge in [0, 0.05) is 43.7 Å². The molecule has 126 valence electrons. The van der Waals surface area contributed by atoms with E-state index in [0.717, 1.165) is 43.9 Å². The van der Waals surface area contributed by atoms with Gasteiger partial charge in [0.05, 0.1) is 5.56 Å². The largest absolute Gasteiger partial charge is 0.478 e. The van der Waals surface area contributed by atoms with Crippen LogP contribution in [0.25, 0.3) is 0 Å². The number of hydrogen-bond acceptors (Lipinski definition) is 4. The van der Waals surface area contributed by atoms with E-state index in [2.05, 4.69) is 22.8 Å². The molecule has 3 N–H and O–H groups in total. The Morgan fingerprint density at radius 1 is 1.21 bits per heavy atom. The van der Waals surface area contributed by atoms with E-state index in [1.54, 1.807) is 12.1 Å². The van der Waals surface area contributed by atoms with Gasteiger partial charge in [0.25, 0.3) is 0 Å². The molecule has 0 aromatic heterocycles. The summed E-state index contributed by atoms with van der Waals surface area (Å²) in [6, 6.07) is 4.97. The van der Waals surface area contributed by atoms with Gasteiger partial charge in [0.2, 0.25) is 5.91 Å². The number of carbonyl (C=O) groups is 2. The summed E-state index contributed by atoms with van der Waals surface area (Å²) in [5.74, 6) is -0.716. The van der Waals surface area contributed by atoms with E-state index in [9.17, 15) is 14.7 Å². The molecule has 0 spiro atoms. The molecular formula is C18H21N3O3. The lowest BCUT2D eigenvalue weighted by molar-refractivity contribution is -0.133. The summed E-state index contributed by atoms with van der Waals surface area (Å²) in [6.45, 7) is 3.10. The molecule has 0 radical (unpaired) electrons. The SMILES string of the molecule is O=C(O)c1cccc2c1C1C=CCC1C(C(=O)N1CCNCC1)N2. The standard InChI is InChI=1S/C18H21N3O3/c22-17(21-9-7-19-8-10-21)16-12-4-1-3-11(12)15-13(18(23)24)5-2-6-14(15)20-16/h1-3,5-6,11-12,16,19-20H,4,7-10H2,(H,23,24). The minimum Gasteiger partial charge on any atom is -0.478 e. The Morgan fingerprint density at radius 2 is 2.00 bits per heavy atom. The van der Waals surface area contributed by atoms with E-state index in [1.807, 2.05) is 11.0 Å². The Bertz CT molecular complexity index is 709. The molecule has 24 heavy (non-hydrogen) atoms. The van der Waals surface area contributed by atoms with Gasteiger partial charge in [-0.1, -0.05) is 18.2 Å². The molecule has 1 aliphatic carbocycles. The van der Waals surface area contributed by atoms with Crippen LogP contribution in [0, 0.1) is 5.92 Å². The van der Waals surface area contributed by atoms with Gasteiger partial charge < -0.3 is 20.6 Å². The quantitative estimate of drug-likeness (QED) is 0.713. The lowest BCUT2D eigenvalue weighted by atomic mass is 9.77. The van der Waals surface area contributed by atoms with Crippen LogP contribution in [0.5, 0.6) is 0 Å². The fourth-order valence-corrected chi connectivity index (χ4v) is 4.16. The Balaban J connectivity index is 1.69. The van der Waals surface area contributed by atoms with Crippen LogP contribution in [0.2, 0.25) is 0 Å². The molecule has 1 aromatic carbocycles. The van der Waals surface area contributed by atoms with Gasteiger partial charge in [-0.3, -0.25) is 4.79 Å². The van der Waals surface area contributed by atoms with Crippen LogP contribution >= 0.6 is 0 Å². The number of nitrogens with one attached hydrogen (secondary N) is 2. The molecule has 6 heteroatoms. The first-order chi connectivity index (χ1) is 11.7. The number of amides is 1. The number of anilines is 1. The molecule has 3 atom stereocenters. The monoisotopic (exact) mass is 327 g/mol. The molecule has 1 aromatic rings. The molecule has 2 heterocycles. The Labute approximate surface area is 140 Å². The Hall–Kier alpha value is -2.34. The molecular weight excluding hydrogens is 306 g/mol. The van der Waals surface area contributed by atoms with Gasteiger partial charge in [-0.2, -0.15) is 0 Å². The van der Waals surface area contributed by atoms with Crippen molar-refractivity contribution in [3.8, 4) is 0 Å². The fraction of sp³-hybridized carbons (Fsp3) is 0.444. The molecule has 0 bridgehead atoms. The summed E-state index contributed by atoms with van der Waals surface area (Å²) in [5, 5.41) is 16.1. The van der Waals surface area contributed by atoms with E-state index < -0.39 is 5.97 Å². The first-order valence-corrected chi connectivity index (χ1v) is 8.45. The number of aromatic carboxylic acids is 1. The van der Waals surface area contributed by atoms with E-state index in [1.165, 1.54) is 0 Å². The molecule has 6 nitrogen and oxygen atoms in total. The topological polar surface area (TPSA) is 81.7 Å². The number of hydrogen-bond donors (Lipinski definition) is 3. The number of rotatable bonds is 2. The van der Waals surface area contributed by atoms with E-state index in [0.29, 0.717) is 5.56 Å². The highest BCUT2D eigenvalue weighted by atomic mass is 16.4. The van der Waals surface area contributed by atoms with Crippen molar-refractivity contribution in [2.45, 2.75) is 18.4 Å². The van der Waals surface area contributed by atoms with Crippen LogP contribution in [-0.4, -0.2) is 54.1 Å². The zero-order valence-electron chi connectivity index (χ0n) is 13.4. The zero-order chi connectivity index (χ0) is 16.7. The van der Waals surface area contributed by atoms with Gasteiger partial charge in [0.15, 0.2) is 0 Å². The molecule has 1 amide bonds. The normalized spacial score (nSPS) is 28.0. The number of nitrogens with zero attached hydrogens (tertiary/aromatic N) is 1. The number of carbonyl (C=O) groups excluding carboxylic acids is 1. The van der Waals surface area contributed by atoms with Crippen molar-refractivity contribution in [1.82, 2.24) is 10.2 Å². The predicted octanol–water partition coefficient (Wildman–Crippen LogP) is 1.27. The lowest BCUT2D eigenvalue weighted by Gasteiger charge is -2.40. The summed E-state index contributed by atoms with van der Waals surface area (Å²) in [7, 11) is 0. The van der Waals surface area contributed by atoms with Gasteiger partial charge >= 0.3 is 5.97 Å². The predicted molar refractivity (Wildman–Crippen MR) is 90.2 cm³/mol. The van der Waals surface area contributed by atoms with Crippen molar-refractivity contribution in [1.29, 1.82) is 0 Å². The fourth-order valence-electron chi connectivity index (χ4n) is 4.16. The van der Waals surface area contributed by atoms with E-state index >= 15 is 0 Å². The van der Waals surface area contributed by atoms with Crippen molar-refractivity contribution in [2.75, 3.05) is 31.5 Å². The minimum absolute atomic E-state index is 0.00887. The summed E-state index contributed by atoms with van der Waals surface area (Å²) in [5.41, 5.74) is 1.92. The maximum atomic E-state index is 13.0. The summed E-state index contributed by atoms with van der Waals surface area (Å²) in [4.78, 5) is 26.5. The number of carboxylic acid groups (broad SMARTS) is 1. The van der Waals surface area contributed by atoms with Crippen LogP contribution < -0.4 is 10.6 Å².